The van der Waals surface area contributed by atoms with Gasteiger partial charge < -0.3 is 30.1 Å². The van der Waals surface area contributed by atoms with Crippen LogP contribution in [0.4, 0.5) is 10.5 Å². The van der Waals surface area contributed by atoms with Crippen LogP contribution in [-0.2, 0) is 14.3 Å². The van der Waals surface area contributed by atoms with Crippen molar-refractivity contribution in [2.75, 3.05) is 12.4 Å². The Bertz CT molecular complexity index is 1100. The second-order valence-electron chi connectivity index (χ2n) is 10.1. The quantitative estimate of drug-likeness (QED) is 0.502. The smallest absolute Gasteiger partial charge is 0.408 e. The van der Waals surface area contributed by atoms with E-state index in [1.165, 1.54) is 11.0 Å². The van der Waals surface area contributed by atoms with Crippen molar-refractivity contribution in [3.05, 3.63) is 54.1 Å². The highest BCUT2D eigenvalue weighted by Gasteiger charge is 2.48. The van der Waals surface area contributed by atoms with Crippen molar-refractivity contribution < 1.29 is 29.0 Å². The van der Waals surface area contributed by atoms with E-state index in [2.05, 4.69) is 10.6 Å². The summed E-state index contributed by atoms with van der Waals surface area (Å²) in [7, 11) is 1.55. The van der Waals surface area contributed by atoms with E-state index in [1.54, 1.807) is 77.3 Å². The van der Waals surface area contributed by atoms with Gasteiger partial charge in [-0.15, -0.1) is 0 Å². The molecule has 9 nitrogen and oxygen atoms in total. The maximum Gasteiger partial charge on any atom is 0.408 e. The Morgan fingerprint density at radius 1 is 1.08 bits per heavy atom. The highest BCUT2D eigenvalue weighted by atomic mass is 16.6. The number of anilines is 1. The predicted molar refractivity (Wildman–Crippen MR) is 136 cm³/mol. The van der Waals surface area contributed by atoms with Crippen molar-refractivity contribution in [2.24, 2.45) is 5.92 Å². The van der Waals surface area contributed by atoms with E-state index in [9.17, 15) is 19.5 Å². The van der Waals surface area contributed by atoms with Gasteiger partial charge in [-0.3, -0.25) is 9.59 Å². The van der Waals surface area contributed by atoms with Gasteiger partial charge in [-0.1, -0.05) is 25.1 Å². The van der Waals surface area contributed by atoms with Crippen molar-refractivity contribution >= 4 is 23.6 Å². The summed E-state index contributed by atoms with van der Waals surface area (Å²) in [5.74, 6) is -0.251. The normalized spacial score (nSPS) is 18.4. The Morgan fingerprint density at radius 2 is 1.69 bits per heavy atom. The summed E-state index contributed by atoms with van der Waals surface area (Å²) in [6.07, 6.45) is -0.0286. The van der Waals surface area contributed by atoms with Crippen molar-refractivity contribution in [1.29, 1.82) is 0 Å². The number of phenols is 1. The number of nitrogens with one attached hydrogen (secondary N) is 2. The molecule has 9 heteroatoms. The highest BCUT2D eigenvalue weighted by Crippen LogP contribution is 2.42. The molecule has 0 heterocycles. The summed E-state index contributed by atoms with van der Waals surface area (Å²) in [6, 6.07) is 10.9. The number of carbonyl (C=O) groups excluding carboxylic acids is 3. The van der Waals surface area contributed by atoms with Crippen molar-refractivity contribution in [1.82, 2.24) is 10.2 Å². The van der Waals surface area contributed by atoms with Crippen LogP contribution in [0.1, 0.15) is 52.6 Å². The number of para-hydroxylation sites is 1. The van der Waals surface area contributed by atoms with Crippen LogP contribution in [0.3, 0.4) is 0 Å². The standard InChI is InChI=1S/C27H35N3O6/c1-16-15-21(16)30(25(33)17(2)28-26(34)36-27(3,4)5)23(20-9-7-8-10-22(20)31)24(32)29-18-11-13-19(35-6)14-12-18/h7-14,16-17,21,23,31H,15H2,1-6H3,(H,28,34)(H,29,32). The molecule has 2 aromatic rings. The third-order valence-electron chi connectivity index (χ3n) is 5.90. The number of hydrogen-bond donors (Lipinski definition) is 3. The van der Waals surface area contributed by atoms with E-state index in [1.807, 2.05) is 6.92 Å². The fourth-order valence-corrected chi connectivity index (χ4v) is 3.96. The molecule has 0 saturated heterocycles. The van der Waals surface area contributed by atoms with Crippen molar-refractivity contribution in [3.8, 4) is 11.5 Å². The lowest BCUT2D eigenvalue weighted by Crippen LogP contribution is -2.52. The largest absolute Gasteiger partial charge is 0.508 e. The van der Waals surface area contributed by atoms with Crippen LogP contribution < -0.4 is 15.4 Å². The second-order valence-corrected chi connectivity index (χ2v) is 10.1. The molecule has 0 radical (unpaired) electrons. The number of ether oxygens (including phenoxy) is 2. The van der Waals surface area contributed by atoms with Gasteiger partial charge in [0, 0.05) is 17.3 Å². The number of aromatic hydroxyl groups is 1. The highest BCUT2D eigenvalue weighted by molar-refractivity contribution is 5.99. The molecular formula is C27H35N3O6. The first-order chi connectivity index (χ1) is 16.9. The molecule has 0 aliphatic heterocycles. The first-order valence-corrected chi connectivity index (χ1v) is 12.0. The Morgan fingerprint density at radius 3 is 2.22 bits per heavy atom. The molecule has 1 aliphatic rings. The van der Waals surface area contributed by atoms with Gasteiger partial charge in [-0.05, 0) is 70.4 Å². The Balaban J connectivity index is 1.94. The molecule has 1 fully saturated rings. The van der Waals surface area contributed by atoms with Gasteiger partial charge in [-0.2, -0.15) is 0 Å². The molecule has 2 aromatic carbocycles. The van der Waals surface area contributed by atoms with E-state index < -0.39 is 35.6 Å². The number of benzene rings is 2. The molecule has 0 aromatic heterocycles. The molecule has 3 N–H and O–H groups in total. The van der Waals surface area contributed by atoms with Crippen LogP contribution in [-0.4, -0.2) is 52.7 Å². The minimum absolute atomic E-state index is 0.105. The molecule has 4 atom stereocenters. The summed E-state index contributed by atoms with van der Waals surface area (Å²) in [5, 5.41) is 16.1. The van der Waals surface area contributed by atoms with Crippen molar-refractivity contribution in [3.63, 3.8) is 0 Å². The summed E-state index contributed by atoms with van der Waals surface area (Å²) in [6.45, 7) is 8.73. The monoisotopic (exact) mass is 497 g/mol. The van der Waals surface area contributed by atoms with E-state index in [-0.39, 0.29) is 17.7 Å². The Kier molecular flexibility index (Phi) is 8.12. The van der Waals surface area contributed by atoms with E-state index in [0.29, 0.717) is 23.4 Å². The number of alkyl carbamates (subject to hydrolysis) is 1. The number of amides is 3. The molecule has 3 amide bonds. The summed E-state index contributed by atoms with van der Waals surface area (Å²) < 4.78 is 10.5. The fraction of sp³-hybridized carbons (Fsp3) is 0.444. The molecule has 0 bridgehead atoms. The van der Waals surface area contributed by atoms with Gasteiger partial charge in [-0.25, -0.2) is 4.79 Å². The van der Waals surface area contributed by atoms with Crippen LogP contribution >= 0.6 is 0 Å². The maximum atomic E-state index is 13.7. The van der Waals surface area contributed by atoms with Gasteiger partial charge >= 0.3 is 6.09 Å². The average molecular weight is 498 g/mol. The number of hydrogen-bond acceptors (Lipinski definition) is 6. The van der Waals surface area contributed by atoms with E-state index in [4.69, 9.17) is 9.47 Å². The third kappa shape index (κ3) is 6.68. The molecular weight excluding hydrogens is 462 g/mol. The third-order valence-corrected chi connectivity index (χ3v) is 5.90. The molecule has 4 unspecified atom stereocenters. The minimum Gasteiger partial charge on any atom is -0.508 e. The number of rotatable bonds is 8. The van der Waals surface area contributed by atoms with Gasteiger partial charge in [0.25, 0.3) is 5.91 Å². The van der Waals surface area contributed by atoms with Crippen LogP contribution in [0.25, 0.3) is 0 Å². The van der Waals surface area contributed by atoms with Crippen LogP contribution in [0.15, 0.2) is 48.5 Å². The zero-order valence-electron chi connectivity index (χ0n) is 21.6. The number of nitrogens with zero attached hydrogens (tertiary/aromatic N) is 1. The number of methoxy groups -OCH3 is 1. The summed E-state index contributed by atoms with van der Waals surface area (Å²) >= 11 is 0. The zero-order chi connectivity index (χ0) is 26.6. The number of phenolic OH excluding ortho intramolecular Hbond substituents is 1. The number of carbonyl (C=O) groups is 3. The van der Waals surface area contributed by atoms with Gasteiger partial charge in [0.2, 0.25) is 5.91 Å². The lowest BCUT2D eigenvalue weighted by molar-refractivity contribution is -0.141. The van der Waals surface area contributed by atoms with Gasteiger partial charge in [0.05, 0.1) is 7.11 Å². The van der Waals surface area contributed by atoms with Crippen LogP contribution in [0, 0.1) is 5.92 Å². The molecule has 36 heavy (non-hydrogen) atoms. The average Bonchev–Trinajstić information content (AvgIpc) is 3.52. The SMILES string of the molecule is COc1ccc(NC(=O)C(c2ccccc2O)N(C(=O)C(C)NC(=O)OC(C)(C)C)C2CC2C)cc1. The second kappa shape index (κ2) is 10.9. The lowest BCUT2D eigenvalue weighted by Gasteiger charge is -2.34. The Hall–Kier alpha value is -3.75. The maximum absolute atomic E-state index is 13.7. The van der Waals surface area contributed by atoms with Gasteiger partial charge in [0.15, 0.2) is 0 Å². The molecule has 1 saturated carbocycles. The lowest BCUT2D eigenvalue weighted by atomic mass is 10.0. The summed E-state index contributed by atoms with van der Waals surface area (Å²) in [5.41, 5.74) is 0.0755. The molecule has 3 rings (SSSR count). The zero-order valence-corrected chi connectivity index (χ0v) is 21.6. The predicted octanol–water partition coefficient (Wildman–Crippen LogP) is 4.23. The van der Waals surface area contributed by atoms with Crippen LogP contribution in [0.2, 0.25) is 0 Å². The molecule has 0 spiro atoms. The first-order valence-electron chi connectivity index (χ1n) is 12.0. The molecule has 194 valence electrons. The summed E-state index contributed by atoms with van der Waals surface area (Å²) in [4.78, 5) is 41.2. The fourth-order valence-electron chi connectivity index (χ4n) is 3.96. The topological polar surface area (TPSA) is 117 Å². The van der Waals surface area contributed by atoms with Crippen LogP contribution in [0.5, 0.6) is 11.5 Å². The van der Waals surface area contributed by atoms with E-state index >= 15 is 0 Å². The Labute approximate surface area is 211 Å². The minimum atomic E-state index is -1.13. The van der Waals surface area contributed by atoms with Gasteiger partial charge in [0.1, 0.15) is 29.2 Å². The molecule has 1 aliphatic carbocycles. The van der Waals surface area contributed by atoms with E-state index in [0.717, 1.165) is 0 Å². The van der Waals surface area contributed by atoms with Crippen molar-refractivity contribution in [2.45, 2.75) is 64.8 Å². The first kappa shape index (κ1) is 26.8.